The van der Waals surface area contributed by atoms with Crippen LogP contribution < -0.4 is 15.4 Å². The fourth-order valence-electron chi connectivity index (χ4n) is 2.75. The first-order chi connectivity index (χ1) is 12.7. The Morgan fingerprint density at radius 3 is 2.59 bits per heavy atom. The second kappa shape index (κ2) is 9.27. The fourth-order valence-corrected chi connectivity index (χ4v) is 2.75. The number of hydrogen-bond acceptors (Lipinski definition) is 4. The number of aliphatic imine (C=N–C) groups is 1. The number of hydrogen-bond donors (Lipinski definition) is 3. The molecular formula is C18H26F3N3O3. The van der Waals surface area contributed by atoms with E-state index in [1.165, 1.54) is 24.3 Å². The van der Waals surface area contributed by atoms with Crippen molar-refractivity contribution in [2.45, 2.75) is 44.8 Å². The summed E-state index contributed by atoms with van der Waals surface area (Å²) in [4.78, 5) is 4.50. The van der Waals surface area contributed by atoms with Gasteiger partial charge in [0.15, 0.2) is 5.96 Å². The summed E-state index contributed by atoms with van der Waals surface area (Å²) in [7, 11) is 0. The molecule has 27 heavy (non-hydrogen) atoms. The van der Waals surface area contributed by atoms with Crippen molar-refractivity contribution in [3.8, 4) is 5.75 Å². The molecule has 2 atom stereocenters. The van der Waals surface area contributed by atoms with E-state index >= 15 is 0 Å². The van der Waals surface area contributed by atoms with Gasteiger partial charge in [-0.05, 0) is 44.4 Å². The Labute approximate surface area is 156 Å². The van der Waals surface area contributed by atoms with Crippen molar-refractivity contribution in [1.29, 1.82) is 0 Å². The zero-order chi connectivity index (χ0) is 19.9. The average molecular weight is 389 g/mol. The van der Waals surface area contributed by atoms with Gasteiger partial charge in [-0.3, -0.25) is 4.99 Å². The zero-order valence-electron chi connectivity index (χ0n) is 15.5. The van der Waals surface area contributed by atoms with E-state index in [2.05, 4.69) is 20.4 Å². The molecule has 3 N–H and O–H groups in total. The van der Waals surface area contributed by atoms with Gasteiger partial charge in [-0.15, -0.1) is 13.2 Å². The number of guanidine groups is 1. The molecule has 6 nitrogen and oxygen atoms in total. The van der Waals surface area contributed by atoms with E-state index in [0.717, 1.165) is 19.4 Å². The van der Waals surface area contributed by atoms with Crippen LogP contribution in [0.15, 0.2) is 29.3 Å². The zero-order valence-corrected chi connectivity index (χ0v) is 15.5. The molecule has 1 aromatic carbocycles. The van der Waals surface area contributed by atoms with Crippen LogP contribution in [0, 0.1) is 0 Å². The standard InChI is InChI=1S/C18H26F3N3O3/c1-3-22-16(24-12-17(2)9-4-10-26-17)23-11-15(25)13-5-7-14(8-6-13)27-18(19,20)21/h5-8,15,25H,3-4,9-12H2,1-2H3,(H2,22,23,24). The van der Waals surface area contributed by atoms with Crippen LogP contribution in [0.1, 0.15) is 38.4 Å². The second-order valence-corrected chi connectivity index (χ2v) is 6.61. The number of halogens is 3. The summed E-state index contributed by atoms with van der Waals surface area (Å²) in [6.45, 7) is 6.00. The van der Waals surface area contributed by atoms with Gasteiger partial charge in [0.05, 0.1) is 18.2 Å². The lowest BCUT2D eigenvalue weighted by Crippen LogP contribution is -2.41. The van der Waals surface area contributed by atoms with E-state index in [0.29, 0.717) is 24.6 Å². The van der Waals surface area contributed by atoms with Crippen LogP contribution in [0.3, 0.4) is 0 Å². The third kappa shape index (κ3) is 7.26. The summed E-state index contributed by atoms with van der Waals surface area (Å²) in [5.74, 6) is 0.219. The maximum Gasteiger partial charge on any atom is 0.573 e. The smallest absolute Gasteiger partial charge is 0.406 e. The average Bonchev–Trinajstić information content (AvgIpc) is 3.03. The molecule has 0 radical (unpaired) electrons. The number of aliphatic hydroxyl groups excluding tert-OH is 1. The molecule has 1 aliphatic rings. The molecule has 0 bridgehead atoms. The number of aliphatic hydroxyl groups is 1. The summed E-state index contributed by atoms with van der Waals surface area (Å²) in [5.41, 5.74) is 0.203. The Hall–Kier alpha value is -2.00. The van der Waals surface area contributed by atoms with Crippen molar-refractivity contribution in [1.82, 2.24) is 10.6 Å². The minimum Gasteiger partial charge on any atom is -0.406 e. The third-order valence-corrected chi connectivity index (χ3v) is 4.18. The van der Waals surface area contributed by atoms with Crippen LogP contribution in [0.4, 0.5) is 13.2 Å². The Morgan fingerprint density at radius 1 is 1.33 bits per heavy atom. The predicted octanol–water partition coefficient (Wildman–Crippen LogP) is 2.74. The lowest BCUT2D eigenvalue weighted by Gasteiger charge is -2.22. The molecule has 0 amide bonds. The van der Waals surface area contributed by atoms with Crippen molar-refractivity contribution in [2.75, 3.05) is 26.2 Å². The van der Waals surface area contributed by atoms with E-state index in [1.54, 1.807) is 0 Å². The predicted molar refractivity (Wildman–Crippen MR) is 95.7 cm³/mol. The molecule has 2 rings (SSSR count). The molecule has 152 valence electrons. The molecule has 1 heterocycles. The summed E-state index contributed by atoms with van der Waals surface area (Å²) in [6, 6.07) is 5.13. The van der Waals surface area contributed by atoms with Gasteiger partial charge in [-0.25, -0.2) is 0 Å². The maximum atomic E-state index is 12.2. The van der Waals surface area contributed by atoms with Crippen LogP contribution in [-0.2, 0) is 4.74 Å². The molecule has 0 saturated carbocycles. The first-order valence-electron chi connectivity index (χ1n) is 8.91. The topological polar surface area (TPSA) is 75.1 Å². The first-order valence-corrected chi connectivity index (χ1v) is 8.91. The normalized spacial score (nSPS) is 21.8. The first kappa shape index (κ1) is 21.3. The number of rotatable bonds is 7. The summed E-state index contributed by atoms with van der Waals surface area (Å²) in [6.07, 6.45) is -3.68. The summed E-state index contributed by atoms with van der Waals surface area (Å²) >= 11 is 0. The van der Waals surface area contributed by atoms with E-state index in [1.807, 2.05) is 13.8 Å². The number of benzene rings is 1. The highest BCUT2D eigenvalue weighted by atomic mass is 19.4. The van der Waals surface area contributed by atoms with E-state index < -0.39 is 12.5 Å². The van der Waals surface area contributed by atoms with Gasteiger partial charge in [0.25, 0.3) is 0 Å². The van der Waals surface area contributed by atoms with Crippen molar-refractivity contribution >= 4 is 5.96 Å². The van der Waals surface area contributed by atoms with Crippen molar-refractivity contribution < 1.29 is 27.8 Å². The Kier molecular flexibility index (Phi) is 7.32. The molecule has 1 saturated heterocycles. The van der Waals surface area contributed by atoms with Crippen LogP contribution >= 0.6 is 0 Å². The van der Waals surface area contributed by atoms with E-state index in [4.69, 9.17) is 4.74 Å². The Balaban J connectivity index is 1.90. The monoisotopic (exact) mass is 389 g/mol. The molecular weight excluding hydrogens is 363 g/mol. The lowest BCUT2D eigenvalue weighted by atomic mass is 10.0. The number of ether oxygens (including phenoxy) is 2. The van der Waals surface area contributed by atoms with Crippen LogP contribution in [0.2, 0.25) is 0 Å². The van der Waals surface area contributed by atoms with Gasteiger partial charge in [0, 0.05) is 19.7 Å². The minimum atomic E-state index is -4.74. The molecule has 1 aromatic rings. The highest BCUT2D eigenvalue weighted by Crippen LogP contribution is 2.25. The quantitative estimate of drug-likeness (QED) is 0.494. The van der Waals surface area contributed by atoms with Crippen LogP contribution in [0.25, 0.3) is 0 Å². The minimum absolute atomic E-state index is 0.156. The van der Waals surface area contributed by atoms with Gasteiger partial charge >= 0.3 is 6.36 Å². The third-order valence-electron chi connectivity index (χ3n) is 4.18. The summed E-state index contributed by atoms with van der Waals surface area (Å²) < 4.78 is 46.1. The molecule has 9 heteroatoms. The molecule has 1 aliphatic heterocycles. The number of nitrogens with zero attached hydrogens (tertiary/aromatic N) is 1. The SMILES string of the molecule is CCNC(=NCC1(C)CCCO1)NCC(O)c1ccc(OC(F)(F)F)cc1. The highest BCUT2D eigenvalue weighted by Gasteiger charge is 2.31. The lowest BCUT2D eigenvalue weighted by molar-refractivity contribution is -0.274. The molecule has 0 aliphatic carbocycles. The van der Waals surface area contributed by atoms with Gasteiger partial charge in [0.1, 0.15) is 5.75 Å². The second-order valence-electron chi connectivity index (χ2n) is 6.61. The molecule has 2 unspecified atom stereocenters. The maximum absolute atomic E-state index is 12.2. The molecule has 0 spiro atoms. The number of nitrogens with one attached hydrogen (secondary N) is 2. The summed E-state index contributed by atoms with van der Waals surface area (Å²) in [5, 5.41) is 16.4. The highest BCUT2D eigenvalue weighted by molar-refractivity contribution is 5.79. The number of alkyl halides is 3. The van der Waals surface area contributed by atoms with Crippen molar-refractivity contribution in [2.24, 2.45) is 4.99 Å². The van der Waals surface area contributed by atoms with Gasteiger partial charge in [-0.2, -0.15) is 0 Å². The molecule has 0 aromatic heterocycles. The van der Waals surface area contributed by atoms with E-state index in [-0.39, 0.29) is 17.9 Å². The van der Waals surface area contributed by atoms with Gasteiger partial charge in [-0.1, -0.05) is 12.1 Å². The van der Waals surface area contributed by atoms with E-state index in [9.17, 15) is 18.3 Å². The Morgan fingerprint density at radius 2 is 2.04 bits per heavy atom. The van der Waals surface area contributed by atoms with Crippen LogP contribution in [0.5, 0.6) is 5.75 Å². The Bertz CT molecular complexity index is 615. The van der Waals surface area contributed by atoms with Gasteiger partial charge in [0.2, 0.25) is 0 Å². The largest absolute Gasteiger partial charge is 0.573 e. The van der Waals surface area contributed by atoms with Crippen LogP contribution in [-0.4, -0.2) is 49.3 Å². The van der Waals surface area contributed by atoms with Gasteiger partial charge < -0.3 is 25.2 Å². The van der Waals surface area contributed by atoms with Crippen molar-refractivity contribution in [3.05, 3.63) is 29.8 Å². The molecule has 1 fully saturated rings. The van der Waals surface area contributed by atoms with Crippen molar-refractivity contribution in [3.63, 3.8) is 0 Å². The fraction of sp³-hybridized carbons (Fsp3) is 0.611.